The maximum atomic E-state index is 10.3. The van der Waals surface area contributed by atoms with Gasteiger partial charge in [0, 0.05) is 49.1 Å². The molecule has 0 amide bonds. The average Bonchev–Trinajstić information content (AvgIpc) is 3.33. The second-order valence-corrected chi connectivity index (χ2v) is 11.8. The summed E-state index contributed by atoms with van der Waals surface area (Å²) in [6, 6.07) is 9.52. The Balaban J connectivity index is 1.48. The van der Waals surface area contributed by atoms with Crippen LogP contribution in [0.1, 0.15) is 56.6 Å². The van der Waals surface area contributed by atoms with Crippen molar-refractivity contribution in [2.45, 2.75) is 51.0 Å². The molecule has 0 radical (unpaired) electrons. The van der Waals surface area contributed by atoms with Crippen LogP contribution in [0.3, 0.4) is 0 Å². The summed E-state index contributed by atoms with van der Waals surface area (Å²) in [5.41, 5.74) is 2.21. The molecule has 2 aliphatic heterocycles. The van der Waals surface area contributed by atoms with E-state index in [1.807, 2.05) is 28.6 Å². The van der Waals surface area contributed by atoms with Crippen LogP contribution in [0.4, 0.5) is 5.82 Å². The predicted molar refractivity (Wildman–Crippen MR) is 159 cm³/mol. The molecule has 2 saturated heterocycles. The molecule has 218 valence electrons. The third-order valence-corrected chi connectivity index (χ3v) is 8.22. The highest BCUT2D eigenvalue weighted by Gasteiger charge is 2.38. The second-order valence-electron chi connectivity index (χ2n) is 10.9. The van der Waals surface area contributed by atoms with Gasteiger partial charge in [-0.15, -0.1) is 0 Å². The van der Waals surface area contributed by atoms with Gasteiger partial charge in [0.1, 0.15) is 23.7 Å². The van der Waals surface area contributed by atoms with E-state index in [2.05, 4.69) is 11.1 Å². The monoisotopic (exact) mass is 608 g/mol. The number of halogens is 2. The number of β-amino-alcohol motifs (C(OH)–C–C–N with tert-alkyl or cyclic N) is 1. The van der Waals surface area contributed by atoms with E-state index < -0.39 is 11.7 Å². The molecular weight excluding hydrogens is 579 g/mol. The SMILES string of the molecule is COc1cc2c(cc1O[C@H](C)c1c(Cl)cncc1Cl)c(-c1ccc(C#N)c(N3CC(C)(O)C3)n1)nn2C1CCCCO1. The number of nitriles is 1. The van der Waals surface area contributed by atoms with Crippen molar-refractivity contribution in [3.8, 4) is 29.0 Å². The lowest BCUT2D eigenvalue weighted by molar-refractivity contribution is -0.0365. The first kappa shape index (κ1) is 28.5. The van der Waals surface area contributed by atoms with E-state index in [0.717, 1.165) is 30.2 Å². The molecule has 1 unspecified atom stereocenters. The minimum absolute atomic E-state index is 0.247. The Bertz CT molecular complexity index is 1670. The van der Waals surface area contributed by atoms with E-state index >= 15 is 0 Å². The predicted octanol–water partition coefficient (Wildman–Crippen LogP) is 6.09. The number of pyridine rings is 2. The molecule has 12 heteroatoms. The maximum absolute atomic E-state index is 10.3. The van der Waals surface area contributed by atoms with E-state index in [1.165, 1.54) is 12.4 Å². The van der Waals surface area contributed by atoms with E-state index in [-0.39, 0.29) is 6.23 Å². The fourth-order valence-corrected chi connectivity index (χ4v) is 6.29. The van der Waals surface area contributed by atoms with Crippen molar-refractivity contribution in [2.75, 3.05) is 31.7 Å². The molecule has 1 N–H and O–H groups in total. The van der Waals surface area contributed by atoms with Crippen LogP contribution in [0.15, 0.2) is 36.7 Å². The third-order valence-electron chi connectivity index (χ3n) is 7.62. The van der Waals surface area contributed by atoms with Gasteiger partial charge in [-0.25, -0.2) is 9.67 Å². The number of anilines is 1. The van der Waals surface area contributed by atoms with Crippen LogP contribution < -0.4 is 14.4 Å². The number of ether oxygens (including phenoxy) is 3. The van der Waals surface area contributed by atoms with Crippen molar-refractivity contribution in [2.24, 2.45) is 0 Å². The van der Waals surface area contributed by atoms with Crippen LogP contribution in [0, 0.1) is 11.3 Å². The molecule has 0 aliphatic carbocycles. The summed E-state index contributed by atoms with van der Waals surface area (Å²) in [7, 11) is 1.58. The van der Waals surface area contributed by atoms with E-state index in [9.17, 15) is 10.4 Å². The number of hydrogen-bond donors (Lipinski definition) is 1. The highest BCUT2D eigenvalue weighted by atomic mass is 35.5. The standard InChI is InChI=1S/C30H30Cl2N6O4/c1-17(27-20(31)13-34-14-21(27)32)42-25-10-19-23(11-24(25)40-3)38(26-6-4-5-9-41-26)36-28(19)22-8-7-18(12-33)29(35-22)37-15-30(2,39)16-37/h7-8,10-11,13-14,17,26,39H,4-6,9,15-16H2,1-3H3/t17-,26?/m1/s1. The van der Waals surface area contributed by atoms with E-state index in [4.69, 9.17) is 47.5 Å². The van der Waals surface area contributed by atoms with Crippen molar-refractivity contribution in [1.29, 1.82) is 5.26 Å². The van der Waals surface area contributed by atoms with Gasteiger partial charge in [-0.05, 0) is 51.3 Å². The van der Waals surface area contributed by atoms with Gasteiger partial charge in [-0.1, -0.05) is 23.2 Å². The highest BCUT2D eigenvalue weighted by molar-refractivity contribution is 6.35. The molecule has 3 aromatic heterocycles. The van der Waals surface area contributed by atoms with Crippen LogP contribution >= 0.6 is 23.2 Å². The van der Waals surface area contributed by atoms with Gasteiger partial charge in [-0.3, -0.25) is 4.98 Å². The third kappa shape index (κ3) is 5.22. The molecule has 1 aromatic carbocycles. The summed E-state index contributed by atoms with van der Waals surface area (Å²) in [4.78, 5) is 10.8. The van der Waals surface area contributed by atoms with Crippen molar-refractivity contribution < 1.29 is 19.3 Å². The molecule has 2 atom stereocenters. The van der Waals surface area contributed by atoms with Gasteiger partial charge >= 0.3 is 0 Å². The Labute approximate surface area is 253 Å². The summed E-state index contributed by atoms with van der Waals surface area (Å²) in [6.07, 6.45) is 5.14. The zero-order valence-electron chi connectivity index (χ0n) is 23.5. The Morgan fingerprint density at radius 2 is 1.93 bits per heavy atom. The molecule has 2 fully saturated rings. The Kier molecular flexibility index (Phi) is 7.62. The number of aliphatic hydroxyl groups is 1. The van der Waals surface area contributed by atoms with Crippen molar-refractivity contribution in [3.05, 3.63) is 57.8 Å². The lowest BCUT2D eigenvalue weighted by Gasteiger charge is -2.45. The minimum Gasteiger partial charge on any atom is -0.493 e. The first-order valence-electron chi connectivity index (χ1n) is 13.8. The lowest BCUT2D eigenvalue weighted by atomic mass is 9.96. The van der Waals surface area contributed by atoms with Crippen molar-refractivity contribution in [1.82, 2.24) is 19.7 Å². The molecule has 42 heavy (non-hydrogen) atoms. The first-order chi connectivity index (χ1) is 20.2. The molecule has 0 saturated carbocycles. The molecule has 0 spiro atoms. The quantitative estimate of drug-likeness (QED) is 0.266. The van der Waals surface area contributed by atoms with Crippen LogP contribution in [0.25, 0.3) is 22.3 Å². The number of aromatic nitrogens is 4. The minimum atomic E-state index is -0.822. The van der Waals surface area contributed by atoms with Gasteiger partial charge < -0.3 is 24.2 Å². The summed E-state index contributed by atoms with van der Waals surface area (Å²) in [5, 5.41) is 26.7. The summed E-state index contributed by atoms with van der Waals surface area (Å²) < 4.78 is 20.2. The van der Waals surface area contributed by atoms with Gasteiger partial charge in [-0.2, -0.15) is 10.4 Å². The molecule has 6 rings (SSSR count). The van der Waals surface area contributed by atoms with Crippen molar-refractivity contribution >= 4 is 39.9 Å². The second kappa shape index (κ2) is 11.2. The van der Waals surface area contributed by atoms with Crippen molar-refractivity contribution in [3.63, 3.8) is 0 Å². The topological polar surface area (TPSA) is 119 Å². The summed E-state index contributed by atoms with van der Waals surface area (Å²) in [5.74, 6) is 1.49. The number of benzene rings is 1. The fourth-order valence-electron chi connectivity index (χ4n) is 5.61. The molecule has 2 aliphatic rings. The zero-order valence-corrected chi connectivity index (χ0v) is 25.0. The molecule has 0 bridgehead atoms. The zero-order chi connectivity index (χ0) is 29.6. The van der Waals surface area contributed by atoms with Crippen LogP contribution in [0.2, 0.25) is 10.0 Å². The van der Waals surface area contributed by atoms with Crippen LogP contribution in [-0.4, -0.2) is 57.3 Å². The highest BCUT2D eigenvalue weighted by Crippen LogP contribution is 2.42. The molecule has 5 heterocycles. The van der Waals surface area contributed by atoms with Crippen LogP contribution in [-0.2, 0) is 4.74 Å². The Morgan fingerprint density at radius 3 is 2.57 bits per heavy atom. The number of methoxy groups -OCH3 is 1. The molecular formula is C30H30Cl2N6O4. The van der Waals surface area contributed by atoms with E-state index in [1.54, 1.807) is 26.2 Å². The van der Waals surface area contributed by atoms with E-state index in [0.29, 0.717) is 69.6 Å². The Morgan fingerprint density at radius 1 is 1.17 bits per heavy atom. The Hall–Kier alpha value is -3.62. The largest absolute Gasteiger partial charge is 0.493 e. The van der Waals surface area contributed by atoms with Gasteiger partial charge in [0.15, 0.2) is 17.7 Å². The number of rotatable bonds is 7. The molecule has 10 nitrogen and oxygen atoms in total. The van der Waals surface area contributed by atoms with Crippen LogP contribution in [0.5, 0.6) is 11.5 Å². The fraction of sp³-hybridized carbons (Fsp3) is 0.400. The van der Waals surface area contributed by atoms with Gasteiger partial charge in [0.05, 0.1) is 39.5 Å². The number of nitrogens with zero attached hydrogens (tertiary/aromatic N) is 6. The molecule has 4 aromatic rings. The normalized spacial score (nSPS) is 18.8. The smallest absolute Gasteiger partial charge is 0.162 e. The van der Waals surface area contributed by atoms with Gasteiger partial charge in [0.2, 0.25) is 0 Å². The van der Waals surface area contributed by atoms with Gasteiger partial charge in [0.25, 0.3) is 0 Å². The maximum Gasteiger partial charge on any atom is 0.162 e. The summed E-state index contributed by atoms with van der Waals surface area (Å²) >= 11 is 12.8. The average molecular weight is 610 g/mol. The summed E-state index contributed by atoms with van der Waals surface area (Å²) in [6.45, 7) is 5.04. The number of hydrogen-bond acceptors (Lipinski definition) is 9. The number of fused-ring (bicyclic) bond motifs is 1. The first-order valence-corrected chi connectivity index (χ1v) is 14.5. The lowest BCUT2D eigenvalue weighted by Crippen LogP contribution is -2.60.